The maximum absolute atomic E-state index is 12.0. The Bertz CT molecular complexity index is 567. The number of carbonyl (C=O) groups is 2. The van der Waals surface area contributed by atoms with E-state index in [9.17, 15) is 9.59 Å². The molecule has 1 saturated heterocycles. The first-order chi connectivity index (χ1) is 10.2. The van der Waals surface area contributed by atoms with Crippen molar-refractivity contribution in [2.75, 3.05) is 30.0 Å². The van der Waals surface area contributed by atoms with Crippen LogP contribution in [0.15, 0.2) is 18.2 Å². The third-order valence-corrected chi connectivity index (χ3v) is 3.71. The van der Waals surface area contributed by atoms with Crippen LogP contribution in [-0.4, -0.2) is 37.7 Å². The van der Waals surface area contributed by atoms with Crippen LogP contribution in [0.1, 0.15) is 19.8 Å². The van der Waals surface area contributed by atoms with Crippen molar-refractivity contribution in [1.29, 1.82) is 0 Å². The van der Waals surface area contributed by atoms with Crippen LogP contribution in [-0.2, 0) is 14.3 Å². The van der Waals surface area contributed by atoms with Gasteiger partial charge in [-0.25, -0.2) is 0 Å². The number of nitrogens with one attached hydrogen (secondary N) is 1. The summed E-state index contributed by atoms with van der Waals surface area (Å²) in [5, 5.41) is 2.83. The summed E-state index contributed by atoms with van der Waals surface area (Å²) >= 11 is 0. The summed E-state index contributed by atoms with van der Waals surface area (Å²) < 4.78 is 10.8. The lowest BCUT2D eigenvalue weighted by molar-refractivity contribution is -0.124. The molecule has 0 radical (unpaired) electrons. The summed E-state index contributed by atoms with van der Waals surface area (Å²) in [5.41, 5.74) is 1.39. The van der Waals surface area contributed by atoms with Gasteiger partial charge in [0.25, 0.3) is 11.8 Å². The molecule has 2 aliphatic heterocycles. The van der Waals surface area contributed by atoms with Gasteiger partial charge in [0, 0.05) is 24.9 Å². The molecule has 0 spiro atoms. The maximum Gasteiger partial charge on any atom is 0.265 e. The molecule has 1 fully saturated rings. The highest BCUT2D eigenvalue weighted by atomic mass is 16.5. The second-order valence-corrected chi connectivity index (χ2v) is 5.10. The number of hydrogen-bond donors (Lipinski definition) is 1. The van der Waals surface area contributed by atoms with Crippen LogP contribution in [0.2, 0.25) is 0 Å². The predicted molar refractivity (Wildman–Crippen MR) is 77.6 cm³/mol. The van der Waals surface area contributed by atoms with Crippen molar-refractivity contribution < 1.29 is 19.1 Å². The smallest absolute Gasteiger partial charge is 0.265 e. The topological polar surface area (TPSA) is 67.9 Å². The van der Waals surface area contributed by atoms with E-state index in [1.54, 1.807) is 23.1 Å². The van der Waals surface area contributed by atoms with E-state index >= 15 is 0 Å². The van der Waals surface area contributed by atoms with Crippen LogP contribution >= 0.6 is 0 Å². The van der Waals surface area contributed by atoms with Gasteiger partial charge in [-0.3, -0.25) is 9.59 Å². The highest BCUT2D eigenvalue weighted by molar-refractivity contribution is 5.99. The Hall–Kier alpha value is -2.08. The molecule has 0 aromatic heterocycles. The lowest BCUT2D eigenvalue weighted by atomic mass is 10.2. The monoisotopic (exact) mass is 290 g/mol. The van der Waals surface area contributed by atoms with E-state index in [2.05, 4.69) is 5.32 Å². The van der Waals surface area contributed by atoms with Crippen LogP contribution in [0.3, 0.4) is 0 Å². The molecule has 1 atom stereocenters. The number of rotatable bonds is 3. The number of hydrogen-bond acceptors (Lipinski definition) is 4. The first-order valence-electron chi connectivity index (χ1n) is 7.18. The summed E-state index contributed by atoms with van der Waals surface area (Å²) in [4.78, 5) is 25.4. The molecule has 112 valence electrons. The molecule has 1 unspecified atom stereocenters. The van der Waals surface area contributed by atoms with Gasteiger partial charge in [-0.05, 0) is 31.9 Å². The molecule has 21 heavy (non-hydrogen) atoms. The molecule has 1 aromatic carbocycles. The minimum atomic E-state index is -0.365. The molecule has 6 heteroatoms. The molecule has 2 heterocycles. The Kier molecular flexibility index (Phi) is 3.79. The fourth-order valence-corrected chi connectivity index (χ4v) is 2.64. The zero-order valence-electron chi connectivity index (χ0n) is 11.9. The molecular formula is C15H18N2O4. The van der Waals surface area contributed by atoms with E-state index in [0.29, 0.717) is 24.6 Å². The number of fused-ring (bicyclic) bond motifs is 1. The van der Waals surface area contributed by atoms with E-state index in [0.717, 1.165) is 18.5 Å². The van der Waals surface area contributed by atoms with Crippen molar-refractivity contribution in [2.24, 2.45) is 0 Å². The quantitative estimate of drug-likeness (QED) is 0.917. The largest absolute Gasteiger partial charge is 0.481 e. The van der Waals surface area contributed by atoms with Gasteiger partial charge in [-0.15, -0.1) is 0 Å². The van der Waals surface area contributed by atoms with Gasteiger partial charge in [0.15, 0.2) is 6.61 Å². The number of ether oxygens (including phenoxy) is 2. The highest BCUT2D eigenvalue weighted by Crippen LogP contribution is 2.34. The maximum atomic E-state index is 12.0. The number of likely N-dealkylation sites (N-methyl/N-ethyl adjacent to an activating group) is 1. The third kappa shape index (κ3) is 2.71. The van der Waals surface area contributed by atoms with Crippen LogP contribution in [0.5, 0.6) is 5.75 Å². The molecule has 1 N–H and O–H groups in total. The summed E-state index contributed by atoms with van der Waals surface area (Å²) in [5.74, 6) is 0.425. The molecule has 0 aliphatic carbocycles. The molecule has 3 rings (SSSR count). The van der Waals surface area contributed by atoms with Crippen molar-refractivity contribution in [3.05, 3.63) is 18.2 Å². The van der Waals surface area contributed by atoms with Crippen molar-refractivity contribution in [2.45, 2.75) is 25.9 Å². The molecule has 0 saturated carbocycles. The molecule has 0 bridgehead atoms. The normalized spacial score (nSPS) is 20.9. The number of amides is 2. The van der Waals surface area contributed by atoms with Crippen LogP contribution in [0.4, 0.5) is 11.4 Å². The molecule has 1 aromatic rings. The summed E-state index contributed by atoms with van der Waals surface area (Å²) in [6.07, 6.45) is 1.31. The van der Waals surface area contributed by atoms with Crippen LogP contribution in [0, 0.1) is 0 Å². The first kappa shape index (κ1) is 13.9. The van der Waals surface area contributed by atoms with Gasteiger partial charge >= 0.3 is 0 Å². The van der Waals surface area contributed by atoms with Gasteiger partial charge in [0.05, 0.1) is 5.69 Å². The van der Waals surface area contributed by atoms with Gasteiger partial charge in [-0.2, -0.15) is 0 Å². The van der Waals surface area contributed by atoms with Crippen molar-refractivity contribution in [3.8, 4) is 5.75 Å². The van der Waals surface area contributed by atoms with Gasteiger partial charge in [0.2, 0.25) is 0 Å². The molecule has 2 amide bonds. The lowest BCUT2D eigenvalue weighted by Crippen LogP contribution is -2.38. The van der Waals surface area contributed by atoms with Gasteiger partial charge in [0.1, 0.15) is 11.9 Å². The Labute approximate surface area is 123 Å². The standard InChI is InChI=1S/C15H18N2O4/c1-2-17-11-6-5-10(8-13(11)21-9-14(17)18)16-15(19)12-4-3-7-20-12/h5-6,8,12H,2-4,7,9H2,1H3,(H,16,19). The summed E-state index contributed by atoms with van der Waals surface area (Å²) in [6.45, 7) is 3.18. The Morgan fingerprint density at radius 2 is 2.33 bits per heavy atom. The van der Waals surface area contributed by atoms with Crippen LogP contribution < -0.4 is 15.0 Å². The Morgan fingerprint density at radius 3 is 3.05 bits per heavy atom. The lowest BCUT2D eigenvalue weighted by Gasteiger charge is -2.28. The Morgan fingerprint density at radius 1 is 1.48 bits per heavy atom. The number of benzene rings is 1. The number of nitrogens with zero attached hydrogens (tertiary/aromatic N) is 1. The minimum Gasteiger partial charge on any atom is -0.481 e. The second kappa shape index (κ2) is 5.73. The van der Waals surface area contributed by atoms with Crippen molar-refractivity contribution >= 4 is 23.2 Å². The SMILES string of the molecule is CCN1C(=O)COc2cc(NC(=O)C3CCCO3)ccc21. The number of anilines is 2. The average molecular weight is 290 g/mol. The van der Waals surface area contributed by atoms with Crippen LogP contribution in [0.25, 0.3) is 0 Å². The van der Waals surface area contributed by atoms with Crippen molar-refractivity contribution in [1.82, 2.24) is 0 Å². The zero-order valence-corrected chi connectivity index (χ0v) is 11.9. The highest BCUT2D eigenvalue weighted by Gasteiger charge is 2.26. The fraction of sp³-hybridized carbons (Fsp3) is 0.467. The Balaban J connectivity index is 1.76. The molecule has 2 aliphatic rings. The van der Waals surface area contributed by atoms with E-state index < -0.39 is 0 Å². The van der Waals surface area contributed by atoms with E-state index in [1.165, 1.54) is 0 Å². The van der Waals surface area contributed by atoms with Gasteiger partial charge < -0.3 is 19.7 Å². The summed E-state index contributed by atoms with van der Waals surface area (Å²) in [6, 6.07) is 5.31. The van der Waals surface area contributed by atoms with E-state index in [1.807, 2.05) is 6.92 Å². The fourth-order valence-electron chi connectivity index (χ4n) is 2.64. The van der Waals surface area contributed by atoms with E-state index in [-0.39, 0.29) is 24.5 Å². The predicted octanol–water partition coefficient (Wildman–Crippen LogP) is 1.55. The second-order valence-electron chi connectivity index (χ2n) is 5.10. The average Bonchev–Trinajstić information content (AvgIpc) is 3.02. The van der Waals surface area contributed by atoms with Gasteiger partial charge in [-0.1, -0.05) is 0 Å². The summed E-state index contributed by atoms with van der Waals surface area (Å²) in [7, 11) is 0. The molecule has 6 nitrogen and oxygen atoms in total. The minimum absolute atomic E-state index is 0.0317. The number of carbonyl (C=O) groups excluding carboxylic acids is 2. The zero-order chi connectivity index (χ0) is 14.8. The first-order valence-corrected chi connectivity index (χ1v) is 7.18. The van der Waals surface area contributed by atoms with Crippen molar-refractivity contribution in [3.63, 3.8) is 0 Å². The third-order valence-electron chi connectivity index (χ3n) is 3.71. The molecular weight excluding hydrogens is 272 g/mol. The van der Waals surface area contributed by atoms with E-state index in [4.69, 9.17) is 9.47 Å².